The SMILES string of the molecule is CC(C(=O)Nc1nc(C2CC2)cs1)S(C)(=O)=O. The first-order chi connectivity index (χ1) is 7.88. The molecule has 2 rings (SSSR count). The Balaban J connectivity index is 2.02. The topological polar surface area (TPSA) is 76.1 Å². The molecular weight excluding hydrogens is 260 g/mol. The van der Waals surface area contributed by atoms with Crippen LogP contribution in [0.1, 0.15) is 31.4 Å². The smallest absolute Gasteiger partial charge is 0.244 e. The monoisotopic (exact) mass is 274 g/mol. The van der Waals surface area contributed by atoms with Crippen molar-refractivity contribution >= 4 is 32.2 Å². The zero-order valence-corrected chi connectivity index (χ0v) is 11.3. The van der Waals surface area contributed by atoms with E-state index in [1.165, 1.54) is 18.3 Å². The maximum Gasteiger partial charge on any atom is 0.244 e. The van der Waals surface area contributed by atoms with Crippen LogP contribution in [-0.4, -0.2) is 30.8 Å². The number of hydrogen-bond donors (Lipinski definition) is 1. The third-order valence-electron chi connectivity index (χ3n) is 2.76. The molecule has 1 amide bonds. The minimum Gasteiger partial charge on any atom is -0.301 e. The Bertz CT molecular complexity index is 532. The first kappa shape index (κ1) is 12.5. The predicted octanol–water partition coefficient (Wildman–Crippen LogP) is 1.39. The molecule has 0 saturated heterocycles. The summed E-state index contributed by atoms with van der Waals surface area (Å²) in [5, 5.41) is 3.89. The molecule has 1 aromatic rings. The Kier molecular flexibility index (Phi) is 3.22. The fourth-order valence-corrected chi connectivity index (χ4v) is 2.55. The van der Waals surface area contributed by atoms with Crippen LogP contribution < -0.4 is 5.32 Å². The Labute approximate surface area is 104 Å². The maximum absolute atomic E-state index is 11.6. The van der Waals surface area contributed by atoms with Gasteiger partial charge >= 0.3 is 0 Å². The van der Waals surface area contributed by atoms with Crippen LogP contribution in [0.3, 0.4) is 0 Å². The van der Waals surface area contributed by atoms with Crippen molar-refractivity contribution in [2.75, 3.05) is 11.6 Å². The van der Waals surface area contributed by atoms with E-state index in [0.717, 1.165) is 24.8 Å². The van der Waals surface area contributed by atoms with Gasteiger partial charge in [-0.1, -0.05) is 0 Å². The normalized spacial score (nSPS) is 17.8. The van der Waals surface area contributed by atoms with Gasteiger partial charge in [-0.25, -0.2) is 13.4 Å². The van der Waals surface area contributed by atoms with Crippen molar-refractivity contribution in [2.24, 2.45) is 0 Å². The lowest BCUT2D eigenvalue weighted by Gasteiger charge is -2.07. The molecule has 1 fully saturated rings. The second kappa shape index (κ2) is 4.38. The molecule has 0 radical (unpaired) electrons. The summed E-state index contributed by atoms with van der Waals surface area (Å²) in [6, 6.07) is 0. The number of rotatable bonds is 4. The number of hydrogen-bond acceptors (Lipinski definition) is 5. The van der Waals surface area contributed by atoms with E-state index in [1.807, 2.05) is 5.38 Å². The first-order valence-electron chi connectivity index (χ1n) is 5.33. The molecule has 1 unspecified atom stereocenters. The molecule has 1 N–H and O–H groups in total. The van der Waals surface area contributed by atoms with Crippen molar-refractivity contribution < 1.29 is 13.2 Å². The number of nitrogens with one attached hydrogen (secondary N) is 1. The van der Waals surface area contributed by atoms with Gasteiger partial charge in [-0.05, 0) is 19.8 Å². The van der Waals surface area contributed by atoms with E-state index >= 15 is 0 Å². The van der Waals surface area contributed by atoms with Gasteiger partial charge in [-0.2, -0.15) is 0 Å². The van der Waals surface area contributed by atoms with E-state index in [1.54, 1.807) is 0 Å². The fourth-order valence-electron chi connectivity index (χ4n) is 1.31. The number of amides is 1. The number of thiazole rings is 1. The summed E-state index contributed by atoms with van der Waals surface area (Å²) in [6.45, 7) is 1.38. The standard InChI is InChI=1S/C10H14N2O3S2/c1-6(17(2,14)15)9(13)12-10-11-8(5-16-10)7-3-4-7/h5-7H,3-4H2,1-2H3,(H,11,12,13). The van der Waals surface area contributed by atoms with Crippen LogP contribution in [0.4, 0.5) is 5.13 Å². The Morgan fingerprint density at radius 1 is 1.59 bits per heavy atom. The largest absolute Gasteiger partial charge is 0.301 e. The van der Waals surface area contributed by atoms with Gasteiger partial charge in [0.25, 0.3) is 0 Å². The molecule has 1 saturated carbocycles. The molecule has 17 heavy (non-hydrogen) atoms. The summed E-state index contributed by atoms with van der Waals surface area (Å²) in [5.41, 5.74) is 0.998. The van der Waals surface area contributed by atoms with Crippen LogP contribution in [0.5, 0.6) is 0 Å². The van der Waals surface area contributed by atoms with E-state index in [4.69, 9.17) is 0 Å². The molecule has 94 valence electrons. The van der Waals surface area contributed by atoms with Crippen molar-refractivity contribution in [1.82, 2.24) is 4.98 Å². The van der Waals surface area contributed by atoms with Crippen molar-refractivity contribution in [2.45, 2.75) is 30.9 Å². The lowest BCUT2D eigenvalue weighted by Crippen LogP contribution is -2.31. The van der Waals surface area contributed by atoms with Crippen LogP contribution in [0.2, 0.25) is 0 Å². The van der Waals surface area contributed by atoms with Gasteiger partial charge in [-0.3, -0.25) is 4.79 Å². The molecule has 1 aliphatic carbocycles. The minimum absolute atomic E-state index is 0.479. The second-order valence-electron chi connectivity index (χ2n) is 4.31. The highest BCUT2D eigenvalue weighted by Crippen LogP contribution is 2.40. The van der Waals surface area contributed by atoms with Gasteiger partial charge in [0.05, 0.1) is 5.69 Å². The third-order valence-corrected chi connectivity index (χ3v) is 5.03. The number of nitrogens with zero attached hydrogens (tertiary/aromatic N) is 1. The molecule has 0 aromatic carbocycles. The molecule has 0 bridgehead atoms. The van der Waals surface area contributed by atoms with Crippen molar-refractivity contribution in [3.63, 3.8) is 0 Å². The summed E-state index contributed by atoms with van der Waals surface area (Å²) in [5.74, 6) is 0.00781. The van der Waals surface area contributed by atoms with Gasteiger partial charge in [0.2, 0.25) is 5.91 Å². The number of anilines is 1. The third kappa shape index (κ3) is 3.04. The Morgan fingerprint density at radius 3 is 2.76 bits per heavy atom. The van der Waals surface area contributed by atoms with Crippen LogP contribution in [-0.2, 0) is 14.6 Å². The predicted molar refractivity (Wildman–Crippen MR) is 67.0 cm³/mol. The highest BCUT2D eigenvalue weighted by atomic mass is 32.2. The zero-order chi connectivity index (χ0) is 12.6. The Hall–Kier alpha value is -0.950. The molecule has 0 aliphatic heterocycles. The Morgan fingerprint density at radius 2 is 2.24 bits per heavy atom. The number of sulfone groups is 1. The molecule has 5 nitrogen and oxygen atoms in total. The molecule has 1 aliphatic rings. The van der Waals surface area contributed by atoms with Crippen LogP contribution in [0.25, 0.3) is 0 Å². The van der Waals surface area contributed by atoms with Gasteiger partial charge in [0, 0.05) is 17.6 Å². The average Bonchev–Trinajstić information content (AvgIpc) is 2.98. The van der Waals surface area contributed by atoms with Crippen molar-refractivity contribution in [3.8, 4) is 0 Å². The summed E-state index contributed by atoms with van der Waals surface area (Å²) < 4.78 is 22.4. The summed E-state index contributed by atoms with van der Waals surface area (Å²) >= 11 is 1.34. The molecule has 7 heteroatoms. The number of carbonyl (C=O) groups is 1. The maximum atomic E-state index is 11.6. The summed E-state index contributed by atoms with van der Waals surface area (Å²) in [6.07, 6.45) is 3.35. The van der Waals surface area contributed by atoms with Gasteiger partial charge in [0.1, 0.15) is 5.25 Å². The first-order valence-corrected chi connectivity index (χ1v) is 8.16. The second-order valence-corrected chi connectivity index (χ2v) is 7.54. The van der Waals surface area contributed by atoms with E-state index in [-0.39, 0.29) is 0 Å². The van der Waals surface area contributed by atoms with Crippen LogP contribution in [0, 0.1) is 0 Å². The zero-order valence-electron chi connectivity index (χ0n) is 9.63. The van der Waals surface area contributed by atoms with Gasteiger partial charge in [0.15, 0.2) is 15.0 Å². The highest BCUT2D eigenvalue weighted by molar-refractivity contribution is 7.92. The van der Waals surface area contributed by atoms with E-state index in [2.05, 4.69) is 10.3 Å². The highest BCUT2D eigenvalue weighted by Gasteiger charge is 2.27. The van der Waals surface area contributed by atoms with Crippen LogP contribution in [0.15, 0.2) is 5.38 Å². The summed E-state index contributed by atoms with van der Waals surface area (Å²) in [4.78, 5) is 15.9. The fraction of sp³-hybridized carbons (Fsp3) is 0.600. The van der Waals surface area contributed by atoms with Crippen molar-refractivity contribution in [1.29, 1.82) is 0 Å². The van der Waals surface area contributed by atoms with Crippen molar-refractivity contribution in [3.05, 3.63) is 11.1 Å². The van der Waals surface area contributed by atoms with E-state index < -0.39 is 21.0 Å². The molecule has 1 aromatic heterocycles. The molecule has 1 atom stereocenters. The molecule has 1 heterocycles. The van der Waals surface area contributed by atoms with Gasteiger partial charge in [-0.15, -0.1) is 11.3 Å². The number of aromatic nitrogens is 1. The van der Waals surface area contributed by atoms with Crippen LogP contribution >= 0.6 is 11.3 Å². The molecule has 0 spiro atoms. The molecular formula is C10H14N2O3S2. The lowest BCUT2D eigenvalue weighted by molar-refractivity contribution is -0.115. The minimum atomic E-state index is -3.35. The summed E-state index contributed by atoms with van der Waals surface area (Å²) in [7, 11) is -3.35. The van der Waals surface area contributed by atoms with E-state index in [0.29, 0.717) is 11.0 Å². The lowest BCUT2D eigenvalue weighted by atomic mass is 10.3. The van der Waals surface area contributed by atoms with Gasteiger partial charge < -0.3 is 5.32 Å². The quantitative estimate of drug-likeness (QED) is 0.900. The average molecular weight is 274 g/mol. The number of carbonyl (C=O) groups excluding carboxylic acids is 1. The van der Waals surface area contributed by atoms with E-state index in [9.17, 15) is 13.2 Å².